The summed E-state index contributed by atoms with van der Waals surface area (Å²) in [5, 5.41) is 7.44. The number of hydrogen-bond acceptors (Lipinski definition) is 1. The first-order valence-electron chi connectivity index (χ1n) is 5.90. The Morgan fingerprint density at radius 2 is 2.00 bits per heavy atom. The van der Waals surface area contributed by atoms with Gasteiger partial charge in [0.15, 0.2) is 5.96 Å². The molecule has 1 aliphatic carbocycles. The molecule has 2 atom stereocenters. The Labute approximate surface area is 130 Å². The van der Waals surface area contributed by atoms with Crippen LogP contribution in [0.2, 0.25) is 5.02 Å². The second kappa shape index (κ2) is 7.19. The topological polar surface area (TPSA) is 36.4 Å². The van der Waals surface area contributed by atoms with Crippen molar-refractivity contribution in [3.63, 3.8) is 0 Å². The molecule has 2 rings (SSSR count). The van der Waals surface area contributed by atoms with Gasteiger partial charge in [-0.1, -0.05) is 30.7 Å². The molecular weight excluding hydrogens is 361 g/mol. The maximum atomic E-state index is 5.84. The molecule has 1 aromatic carbocycles. The van der Waals surface area contributed by atoms with Gasteiger partial charge in [-0.25, -0.2) is 0 Å². The van der Waals surface area contributed by atoms with Crippen molar-refractivity contribution in [3.8, 4) is 0 Å². The van der Waals surface area contributed by atoms with Gasteiger partial charge < -0.3 is 10.6 Å². The lowest BCUT2D eigenvalue weighted by Gasteiger charge is -2.11. The predicted octanol–water partition coefficient (Wildman–Crippen LogP) is 3.03. The van der Waals surface area contributed by atoms with Crippen LogP contribution < -0.4 is 10.6 Å². The minimum atomic E-state index is 0. The van der Waals surface area contributed by atoms with Crippen molar-refractivity contribution in [1.29, 1.82) is 0 Å². The first kappa shape index (κ1) is 15.6. The average molecular weight is 380 g/mol. The van der Waals surface area contributed by atoms with E-state index in [0.29, 0.717) is 6.04 Å². The quantitative estimate of drug-likeness (QED) is 0.481. The highest BCUT2D eigenvalue weighted by Crippen LogP contribution is 2.28. The molecule has 2 unspecified atom stereocenters. The van der Waals surface area contributed by atoms with Crippen molar-refractivity contribution in [3.05, 3.63) is 34.9 Å². The zero-order valence-electron chi connectivity index (χ0n) is 10.6. The van der Waals surface area contributed by atoms with E-state index < -0.39 is 0 Å². The molecule has 0 heterocycles. The summed E-state index contributed by atoms with van der Waals surface area (Å²) in [6.07, 6.45) is 1.24. The molecule has 0 aliphatic heterocycles. The lowest BCUT2D eigenvalue weighted by Crippen LogP contribution is -2.38. The number of halogens is 2. The third-order valence-corrected chi connectivity index (χ3v) is 3.28. The lowest BCUT2D eigenvalue weighted by atomic mass is 10.2. The van der Waals surface area contributed by atoms with Crippen molar-refractivity contribution in [2.45, 2.75) is 25.9 Å². The van der Waals surface area contributed by atoms with Crippen LogP contribution in [0, 0.1) is 5.92 Å². The first-order chi connectivity index (χ1) is 8.19. The van der Waals surface area contributed by atoms with Gasteiger partial charge in [-0.05, 0) is 30.0 Å². The minimum absolute atomic E-state index is 0. The summed E-state index contributed by atoms with van der Waals surface area (Å²) in [7, 11) is 1.80. The highest BCUT2D eigenvalue weighted by atomic mass is 127. The molecule has 2 N–H and O–H groups in total. The molecule has 1 saturated carbocycles. The van der Waals surface area contributed by atoms with Crippen LogP contribution in [0.15, 0.2) is 29.3 Å². The maximum Gasteiger partial charge on any atom is 0.191 e. The van der Waals surface area contributed by atoms with Crippen LogP contribution in [0.5, 0.6) is 0 Å². The third kappa shape index (κ3) is 4.65. The van der Waals surface area contributed by atoms with E-state index in [1.54, 1.807) is 7.05 Å². The summed E-state index contributed by atoms with van der Waals surface area (Å²) in [6, 6.07) is 8.42. The van der Waals surface area contributed by atoms with Crippen LogP contribution in [0.4, 0.5) is 0 Å². The van der Waals surface area contributed by atoms with E-state index in [9.17, 15) is 0 Å². The van der Waals surface area contributed by atoms with Gasteiger partial charge in [0.05, 0.1) is 0 Å². The number of hydrogen-bond donors (Lipinski definition) is 2. The Hall–Kier alpha value is -0.490. The Morgan fingerprint density at radius 1 is 1.39 bits per heavy atom. The zero-order chi connectivity index (χ0) is 12.3. The number of nitrogens with one attached hydrogen (secondary N) is 2. The molecule has 1 fully saturated rings. The molecule has 0 radical (unpaired) electrons. The highest BCUT2D eigenvalue weighted by molar-refractivity contribution is 14.0. The number of nitrogens with zero attached hydrogens (tertiary/aromatic N) is 1. The Kier molecular flexibility index (Phi) is 6.21. The fraction of sp³-hybridized carbons (Fsp3) is 0.462. The van der Waals surface area contributed by atoms with Crippen LogP contribution in [0.25, 0.3) is 0 Å². The molecular formula is C13H19ClIN3. The van der Waals surface area contributed by atoms with Crippen molar-refractivity contribution >= 4 is 41.5 Å². The van der Waals surface area contributed by atoms with Crippen molar-refractivity contribution in [2.24, 2.45) is 10.9 Å². The maximum absolute atomic E-state index is 5.84. The second-order valence-corrected chi connectivity index (χ2v) is 4.95. The molecule has 0 saturated heterocycles. The van der Waals surface area contributed by atoms with E-state index in [-0.39, 0.29) is 24.0 Å². The van der Waals surface area contributed by atoms with Crippen LogP contribution in [0.1, 0.15) is 18.9 Å². The number of guanidine groups is 1. The molecule has 1 aliphatic rings. The Morgan fingerprint density at radius 3 is 2.50 bits per heavy atom. The van der Waals surface area contributed by atoms with Gasteiger partial charge in [0.25, 0.3) is 0 Å². The van der Waals surface area contributed by atoms with Gasteiger partial charge in [-0.3, -0.25) is 4.99 Å². The summed E-state index contributed by atoms with van der Waals surface area (Å²) in [6.45, 7) is 3.00. The fourth-order valence-corrected chi connectivity index (χ4v) is 1.81. The second-order valence-electron chi connectivity index (χ2n) is 4.52. The summed E-state index contributed by atoms with van der Waals surface area (Å²) in [5.41, 5.74) is 1.20. The van der Waals surface area contributed by atoms with Gasteiger partial charge in [-0.2, -0.15) is 0 Å². The van der Waals surface area contributed by atoms with Crippen molar-refractivity contribution in [1.82, 2.24) is 10.6 Å². The van der Waals surface area contributed by atoms with Crippen molar-refractivity contribution in [2.75, 3.05) is 7.05 Å². The Balaban J connectivity index is 0.00000162. The van der Waals surface area contributed by atoms with Gasteiger partial charge >= 0.3 is 0 Å². The van der Waals surface area contributed by atoms with E-state index in [2.05, 4.69) is 22.5 Å². The summed E-state index contributed by atoms with van der Waals surface area (Å²) >= 11 is 5.84. The summed E-state index contributed by atoms with van der Waals surface area (Å²) in [4.78, 5) is 4.20. The number of rotatable bonds is 3. The normalized spacial score (nSPS) is 22.1. The van der Waals surface area contributed by atoms with E-state index in [1.165, 1.54) is 12.0 Å². The Bertz CT molecular complexity index is 405. The molecule has 5 heteroatoms. The largest absolute Gasteiger partial charge is 0.353 e. The average Bonchev–Trinajstić information content (AvgIpc) is 3.02. The SMILES string of the molecule is CN=C(NCc1ccc(Cl)cc1)NC1CC1C.I. The van der Waals surface area contributed by atoms with Gasteiger partial charge in [0.1, 0.15) is 0 Å². The van der Waals surface area contributed by atoms with E-state index >= 15 is 0 Å². The zero-order valence-corrected chi connectivity index (χ0v) is 13.7. The summed E-state index contributed by atoms with van der Waals surface area (Å²) in [5.74, 6) is 1.64. The van der Waals surface area contributed by atoms with Crippen LogP contribution in [0.3, 0.4) is 0 Å². The molecule has 0 amide bonds. The van der Waals surface area contributed by atoms with E-state index in [4.69, 9.17) is 11.6 Å². The lowest BCUT2D eigenvalue weighted by molar-refractivity contribution is 0.763. The smallest absolute Gasteiger partial charge is 0.191 e. The predicted molar refractivity (Wildman–Crippen MR) is 87.8 cm³/mol. The first-order valence-corrected chi connectivity index (χ1v) is 6.28. The summed E-state index contributed by atoms with van der Waals surface area (Å²) < 4.78 is 0. The number of aliphatic imine (C=N–C) groups is 1. The molecule has 1 aromatic rings. The number of benzene rings is 1. The van der Waals surface area contributed by atoms with E-state index in [1.807, 2.05) is 24.3 Å². The van der Waals surface area contributed by atoms with Crippen LogP contribution in [-0.4, -0.2) is 19.0 Å². The van der Waals surface area contributed by atoms with Gasteiger partial charge in [0.2, 0.25) is 0 Å². The van der Waals surface area contributed by atoms with Gasteiger partial charge in [0, 0.05) is 24.7 Å². The standard InChI is InChI=1S/C13H18ClN3.HI/c1-9-7-12(9)17-13(15-2)16-8-10-3-5-11(14)6-4-10;/h3-6,9,12H,7-8H2,1-2H3,(H2,15,16,17);1H. The van der Waals surface area contributed by atoms with Crippen molar-refractivity contribution < 1.29 is 0 Å². The third-order valence-electron chi connectivity index (χ3n) is 3.03. The van der Waals surface area contributed by atoms with Crippen LogP contribution >= 0.6 is 35.6 Å². The van der Waals surface area contributed by atoms with Gasteiger partial charge in [-0.15, -0.1) is 24.0 Å². The molecule has 18 heavy (non-hydrogen) atoms. The van der Waals surface area contributed by atoms with Crippen LogP contribution in [-0.2, 0) is 6.54 Å². The minimum Gasteiger partial charge on any atom is -0.353 e. The molecule has 3 nitrogen and oxygen atoms in total. The molecule has 0 bridgehead atoms. The molecule has 100 valence electrons. The monoisotopic (exact) mass is 379 g/mol. The molecule has 0 spiro atoms. The molecule has 0 aromatic heterocycles. The highest BCUT2D eigenvalue weighted by Gasteiger charge is 2.33. The fourth-order valence-electron chi connectivity index (χ4n) is 1.68. The van der Waals surface area contributed by atoms with E-state index in [0.717, 1.165) is 23.4 Å².